The van der Waals surface area contributed by atoms with Crippen molar-refractivity contribution in [3.63, 3.8) is 0 Å². The molecule has 0 aliphatic carbocycles. The van der Waals surface area contributed by atoms with Gasteiger partial charge in [0.25, 0.3) is 5.91 Å². The van der Waals surface area contributed by atoms with Gasteiger partial charge in [-0.2, -0.15) is 0 Å². The van der Waals surface area contributed by atoms with Crippen molar-refractivity contribution in [1.82, 2.24) is 20.6 Å². The number of nitrogens with one attached hydrogen (secondary N) is 3. The van der Waals surface area contributed by atoms with E-state index in [1.807, 2.05) is 63.2 Å². The Kier molecular flexibility index (Phi) is 6.36. The Balaban J connectivity index is 1.49. The van der Waals surface area contributed by atoms with E-state index in [2.05, 4.69) is 20.9 Å². The minimum atomic E-state index is -1.63. The number of para-hydroxylation sites is 1. The lowest BCUT2D eigenvalue weighted by molar-refractivity contribution is -0.141. The van der Waals surface area contributed by atoms with E-state index in [1.54, 1.807) is 13.2 Å². The van der Waals surface area contributed by atoms with Gasteiger partial charge in [0.1, 0.15) is 35.1 Å². The van der Waals surface area contributed by atoms with Crippen molar-refractivity contribution in [2.24, 2.45) is 5.92 Å². The molecule has 5 heterocycles. The predicted octanol–water partition coefficient (Wildman–Crippen LogP) is 4.13. The molecule has 11 heteroatoms. The Bertz CT molecular complexity index is 1790. The predicted molar refractivity (Wildman–Crippen MR) is 160 cm³/mol. The molecule has 3 aliphatic rings. The Morgan fingerprint density at radius 2 is 1.98 bits per heavy atom. The van der Waals surface area contributed by atoms with Crippen LogP contribution in [0.3, 0.4) is 0 Å². The highest BCUT2D eigenvalue weighted by Crippen LogP contribution is 2.59. The fourth-order valence-electron chi connectivity index (χ4n) is 6.38. The van der Waals surface area contributed by atoms with Crippen LogP contribution in [-0.4, -0.2) is 44.8 Å². The molecule has 2 aromatic heterocycles. The van der Waals surface area contributed by atoms with E-state index in [0.29, 0.717) is 28.8 Å². The number of hydrogen-bond donors (Lipinski definition) is 4. The van der Waals surface area contributed by atoms with Crippen LogP contribution in [0.1, 0.15) is 74.2 Å². The first-order chi connectivity index (χ1) is 21.0. The van der Waals surface area contributed by atoms with Gasteiger partial charge in [-0.3, -0.25) is 9.59 Å². The molecule has 228 valence electrons. The highest BCUT2D eigenvalue weighted by Gasteiger charge is 2.61. The van der Waals surface area contributed by atoms with Crippen molar-refractivity contribution in [1.29, 1.82) is 0 Å². The molecule has 2 aromatic carbocycles. The number of hydrogen-bond acceptors (Lipinski definition) is 9. The molecule has 2 amide bonds. The number of fused-ring (bicyclic) bond motifs is 4. The summed E-state index contributed by atoms with van der Waals surface area (Å²) < 4.78 is 19.2. The van der Waals surface area contributed by atoms with E-state index in [1.165, 1.54) is 6.92 Å². The molecule has 0 saturated carbocycles. The maximum Gasteiger partial charge on any atom is 0.252 e. The number of rotatable bonds is 5. The third-order valence-corrected chi connectivity index (χ3v) is 9.04. The Labute approximate surface area is 254 Å². The molecule has 2 unspecified atom stereocenters. The monoisotopic (exact) mass is 597 g/mol. The van der Waals surface area contributed by atoms with E-state index in [0.717, 1.165) is 22.4 Å². The van der Waals surface area contributed by atoms with Gasteiger partial charge < -0.3 is 34.6 Å². The summed E-state index contributed by atoms with van der Waals surface area (Å²) >= 11 is 0. The van der Waals surface area contributed by atoms with E-state index in [9.17, 15) is 14.7 Å². The van der Waals surface area contributed by atoms with Gasteiger partial charge in [0.15, 0.2) is 17.7 Å². The number of aliphatic hydroxyl groups is 1. The highest BCUT2D eigenvalue weighted by atomic mass is 16.5. The van der Waals surface area contributed by atoms with Crippen molar-refractivity contribution in [2.45, 2.75) is 76.8 Å². The van der Waals surface area contributed by atoms with Crippen molar-refractivity contribution in [3.05, 3.63) is 82.8 Å². The number of nitrogens with zero attached hydrogens (tertiary/aromatic N) is 2. The van der Waals surface area contributed by atoms with Crippen LogP contribution >= 0.6 is 0 Å². The van der Waals surface area contributed by atoms with Crippen LogP contribution < -0.4 is 20.7 Å². The Morgan fingerprint density at radius 1 is 1.18 bits per heavy atom. The number of benzene rings is 2. The summed E-state index contributed by atoms with van der Waals surface area (Å²) in [7, 11) is 0. The van der Waals surface area contributed by atoms with Crippen LogP contribution in [0, 0.1) is 12.8 Å². The smallest absolute Gasteiger partial charge is 0.252 e. The summed E-state index contributed by atoms with van der Waals surface area (Å²) in [6, 6.07) is 12.1. The number of aromatic nitrogens is 2. The molecule has 4 bridgehead atoms. The summed E-state index contributed by atoms with van der Waals surface area (Å²) in [4.78, 5) is 36.6. The van der Waals surface area contributed by atoms with Crippen LogP contribution in [0.4, 0.5) is 5.69 Å². The Hall–Kier alpha value is -4.64. The van der Waals surface area contributed by atoms with Gasteiger partial charge in [-0.15, -0.1) is 0 Å². The largest absolute Gasteiger partial charge is 0.469 e. The maximum absolute atomic E-state index is 13.9. The first-order valence-corrected chi connectivity index (χ1v) is 15.0. The average molecular weight is 598 g/mol. The molecule has 44 heavy (non-hydrogen) atoms. The molecular weight excluding hydrogens is 562 g/mol. The quantitative estimate of drug-likeness (QED) is 0.266. The van der Waals surface area contributed by atoms with Crippen molar-refractivity contribution in [3.8, 4) is 17.3 Å². The van der Waals surface area contributed by atoms with Crippen LogP contribution in [-0.2, 0) is 21.4 Å². The number of carbonyl (C=O) groups excluding carboxylic acids is 2. The van der Waals surface area contributed by atoms with E-state index in [4.69, 9.17) is 18.6 Å². The Morgan fingerprint density at radius 3 is 2.70 bits per heavy atom. The molecule has 5 atom stereocenters. The zero-order valence-corrected chi connectivity index (χ0v) is 25.2. The second kappa shape index (κ2) is 9.95. The van der Waals surface area contributed by atoms with Crippen molar-refractivity contribution >= 4 is 17.5 Å². The normalized spacial score (nSPS) is 24.6. The van der Waals surface area contributed by atoms with Gasteiger partial charge in [0, 0.05) is 17.7 Å². The topological polar surface area (TPSA) is 152 Å². The molecular formula is C33H35N5O6. The zero-order chi connectivity index (χ0) is 31.0. The third kappa shape index (κ3) is 4.13. The van der Waals surface area contributed by atoms with E-state index in [-0.39, 0.29) is 24.7 Å². The zero-order valence-electron chi connectivity index (χ0n) is 25.2. The molecule has 1 spiro atoms. The second-order valence-corrected chi connectivity index (χ2v) is 12.4. The molecule has 0 fully saturated rings. The molecule has 7 rings (SSSR count). The van der Waals surface area contributed by atoms with Crippen LogP contribution in [0.25, 0.3) is 11.6 Å². The van der Waals surface area contributed by atoms with Gasteiger partial charge in [-0.05, 0) is 49.4 Å². The minimum absolute atomic E-state index is 0.141. The summed E-state index contributed by atoms with van der Waals surface area (Å²) in [5.41, 5.74) is 1.97. The third-order valence-electron chi connectivity index (χ3n) is 9.04. The van der Waals surface area contributed by atoms with Crippen molar-refractivity contribution < 1.29 is 28.3 Å². The van der Waals surface area contributed by atoms with E-state index >= 15 is 0 Å². The summed E-state index contributed by atoms with van der Waals surface area (Å²) in [5, 5.41) is 20.1. The fraction of sp³-hybridized carbons (Fsp3) is 0.394. The fourth-order valence-corrected chi connectivity index (χ4v) is 6.38. The molecule has 0 radical (unpaired) electrons. The van der Waals surface area contributed by atoms with Crippen molar-refractivity contribution in [2.75, 3.05) is 5.32 Å². The van der Waals surface area contributed by atoms with E-state index < -0.39 is 41.1 Å². The second-order valence-electron chi connectivity index (χ2n) is 12.4. The summed E-state index contributed by atoms with van der Waals surface area (Å²) in [5.74, 6) is 0.547. The number of oxazole rings is 2. The highest BCUT2D eigenvalue weighted by molar-refractivity contribution is 5.91. The first kappa shape index (κ1) is 28.1. The average Bonchev–Trinajstić information content (AvgIpc) is 3.75. The van der Waals surface area contributed by atoms with Crippen LogP contribution in [0.15, 0.2) is 57.6 Å². The number of amides is 2. The van der Waals surface area contributed by atoms with Gasteiger partial charge in [0.05, 0.1) is 5.69 Å². The number of carbonyl (C=O) groups is 2. The summed E-state index contributed by atoms with van der Waals surface area (Å²) in [6.45, 7) is 8.90. The van der Waals surface area contributed by atoms with Crippen LogP contribution in [0.2, 0.25) is 0 Å². The summed E-state index contributed by atoms with van der Waals surface area (Å²) in [6.07, 6.45) is 1.38. The van der Waals surface area contributed by atoms with Gasteiger partial charge in [-0.25, -0.2) is 9.97 Å². The number of ether oxygens (including phenoxy) is 1. The lowest BCUT2D eigenvalue weighted by atomic mass is 9.72. The van der Waals surface area contributed by atoms with Gasteiger partial charge in [0.2, 0.25) is 17.7 Å². The van der Waals surface area contributed by atoms with Gasteiger partial charge in [-0.1, -0.05) is 51.1 Å². The first-order valence-electron chi connectivity index (χ1n) is 15.0. The van der Waals surface area contributed by atoms with Crippen LogP contribution in [0.5, 0.6) is 5.75 Å². The maximum atomic E-state index is 13.9. The lowest BCUT2D eigenvalue weighted by Crippen LogP contribution is -2.54. The number of aryl methyl sites for hydroxylation is 1. The lowest BCUT2D eigenvalue weighted by Gasteiger charge is -2.29. The molecule has 4 aromatic rings. The molecule has 4 N–H and O–H groups in total. The SMILES string of the molecule is CCC(C)(O)C(=O)N[C@H]1Cc2ccc3c(c2)C2(c4ccccc4N[C@H]2O3)c2oc(nc2-c2nc(C)co2)[C@H](C(C)C)NC1=O. The standard InChI is InChI=1S/C33H35N5O6/c1-6-32(5,41)30(40)35-22-14-18-11-12-23-20(13-18)33(19-9-7-8-10-21(19)36-31(33)43-23)26-25(28-34-17(4)15-42-28)38-29(44-26)24(16(2)3)37-27(22)39/h7-13,15-16,22,24,31,36,41H,6,14H2,1-5H3,(H,35,40)(H,37,39)/t22-,24-,31-,32?,33?/m0/s1. The van der Waals surface area contributed by atoms with Gasteiger partial charge >= 0.3 is 0 Å². The molecule has 3 aliphatic heterocycles. The minimum Gasteiger partial charge on any atom is -0.469 e. The molecule has 11 nitrogen and oxygen atoms in total. The number of anilines is 1. The molecule has 0 saturated heterocycles.